The minimum atomic E-state index is -0.210. The maximum absolute atomic E-state index is 12.3. The molecule has 1 aromatic carbocycles. The second-order valence-corrected chi connectivity index (χ2v) is 6.37. The van der Waals surface area contributed by atoms with Crippen molar-refractivity contribution in [2.45, 2.75) is 13.5 Å². The Bertz CT molecular complexity index is 939. The maximum Gasteiger partial charge on any atom is 0.266 e. The van der Waals surface area contributed by atoms with E-state index in [2.05, 4.69) is 20.9 Å². The first-order chi connectivity index (χ1) is 11.0. The predicted molar refractivity (Wildman–Crippen MR) is 95.2 cm³/mol. The molecule has 4 nitrogen and oxygen atoms in total. The fourth-order valence-electron chi connectivity index (χ4n) is 2.43. The Morgan fingerprint density at radius 2 is 2.00 bits per heavy atom. The molecule has 6 heteroatoms. The summed E-state index contributed by atoms with van der Waals surface area (Å²) in [5.41, 5.74) is 2.18. The smallest absolute Gasteiger partial charge is 0.266 e. The van der Waals surface area contributed by atoms with Crippen molar-refractivity contribution >= 4 is 38.4 Å². The Labute approximate surface area is 146 Å². The summed E-state index contributed by atoms with van der Waals surface area (Å²) < 4.78 is 7.83. The third-order valence-electron chi connectivity index (χ3n) is 3.67. The van der Waals surface area contributed by atoms with Gasteiger partial charge in [0.15, 0.2) is 5.75 Å². The Hall–Kier alpha value is -1.85. The van der Waals surface area contributed by atoms with Crippen LogP contribution in [0.1, 0.15) is 11.3 Å². The molecule has 0 saturated heterocycles. The van der Waals surface area contributed by atoms with Crippen LogP contribution in [-0.4, -0.2) is 9.55 Å². The molecule has 0 N–H and O–H groups in total. The predicted octanol–water partition coefficient (Wildman–Crippen LogP) is 4.24. The third-order valence-corrected chi connectivity index (χ3v) is 5.03. The van der Waals surface area contributed by atoms with Crippen LogP contribution in [0.25, 0.3) is 10.9 Å². The first kappa shape index (κ1) is 16.0. The highest BCUT2D eigenvalue weighted by molar-refractivity contribution is 9.10. The van der Waals surface area contributed by atoms with Gasteiger partial charge in [0, 0.05) is 18.6 Å². The number of halogens is 2. The summed E-state index contributed by atoms with van der Waals surface area (Å²) in [6.07, 6.45) is 1.66. The van der Waals surface area contributed by atoms with Crippen molar-refractivity contribution in [1.82, 2.24) is 9.55 Å². The van der Waals surface area contributed by atoms with Gasteiger partial charge in [0.25, 0.3) is 5.56 Å². The van der Waals surface area contributed by atoms with Crippen LogP contribution in [0.3, 0.4) is 0 Å². The number of rotatable bonds is 3. The van der Waals surface area contributed by atoms with E-state index >= 15 is 0 Å². The molecule has 23 heavy (non-hydrogen) atoms. The molecule has 0 fully saturated rings. The topological polar surface area (TPSA) is 44.1 Å². The molecule has 0 atom stereocenters. The van der Waals surface area contributed by atoms with E-state index in [1.807, 2.05) is 37.3 Å². The van der Waals surface area contributed by atoms with Crippen LogP contribution in [0.2, 0.25) is 5.02 Å². The zero-order valence-corrected chi connectivity index (χ0v) is 15.0. The Kier molecular flexibility index (Phi) is 4.41. The van der Waals surface area contributed by atoms with Crippen LogP contribution in [0.5, 0.6) is 5.75 Å². The highest BCUT2D eigenvalue weighted by Gasteiger charge is 2.17. The fraction of sp³-hybridized carbons (Fsp3) is 0.176. The number of ether oxygens (including phenoxy) is 1. The molecule has 0 radical (unpaired) electrons. The first-order valence-corrected chi connectivity index (χ1v) is 8.17. The molecule has 0 bridgehead atoms. The molecule has 0 spiro atoms. The number of aryl methyl sites for hydroxylation is 2. The molecule has 0 saturated carbocycles. The van der Waals surface area contributed by atoms with Gasteiger partial charge in [-0.3, -0.25) is 9.78 Å². The van der Waals surface area contributed by atoms with Gasteiger partial charge in [-0.15, -0.1) is 0 Å². The van der Waals surface area contributed by atoms with Crippen LogP contribution in [0, 0.1) is 6.92 Å². The third kappa shape index (κ3) is 2.86. The highest BCUT2D eigenvalue weighted by Crippen LogP contribution is 2.34. The molecular weight excluding hydrogens is 380 g/mol. The molecule has 2 heterocycles. The van der Waals surface area contributed by atoms with Crippen LogP contribution in [0.15, 0.2) is 45.8 Å². The molecule has 0 amide bonds. The second kappa shape index (κ2) is 6.34. The first-order valence-electron chi connectivity index (χ1n) is 7.00. The van der Waals surface area contributed by atoms with E-state index in [9.17, 15) is 4.79 Å². The van der Waals surface area contributed by atoms with Gasteiger partial charge in [-0.25, -0.2) is 0 Å². The maximum atomic E-state index is 12.3. The molecular formula is C17H14BrClN2O2. The monoisotopic (exact) mass is 392 g/mol. The number of aromatic nitrogens is 2. The Morgan fingerprint density at radius 1 is 1.30 bits per heavy atom. The minimum absolute atomic E-state index is 0.210. The standard InChI is InChI=1S/C17H14BrClN2O2/c1-10-16(23-9-11-6-4-3-5-7-11)15-12(8-20-10)14(19)13(18)17(22)21(15)2/h3-8H,9H2,1-2H3. The lowest BCUT2D eigenvalue weighted by Crippen LogP contribution is -2.19. The van der Waals surface area contributed by atoms with E-state index in [-0.39, 0.29) is 5.56 Å². The summed E-state index contributed by atoms with van der Waals surface area (Å²) in [4.78, 5) is 16.6. The van der Waals surface area contributed by atoms with Crippen molar-refractivity contribution in [3.8, 4) is 5.75 Å². The zero-order valence-electron chi connectivity index (χ0n) is 12.6. The summed E-state index contributed by atoms with van der Waals surface area (Å²) in [5.74, 6) is 0.570. The molecule has 0 aliphatic rings. The molecule has 3 rings (SSSR count). The van der Waals surface area contributed by atoms with Crippen LogP contribution in [0.4, 0.5) is 0 Å². The average molecular weight is 394 g/mol. The van der Waals surface area contributed by atoms with Gasteiger partial charge in [0.2, 0.25) is 0 Å². The minimum Gasteiger partial charge on any atom is -0.485 e. The zero-order chi connectivity index (χ0) is 16.6. The lowest BCUT2D eigenvalue weighted by molar-refractivity contribution is 0.305. The van der Waals surface area contributed by atoms with E-state index in [1.54, 1.807) is 13.2 Å². The molecule has 3 aromatic rings. The summed E-state index contributed by atoms with van der Waals surface area (Å²) in [5, 5.41) is 1.02. The van der Waals surface area contributed by atoms with Gasteiger partial charge < -0.3 is 9.30 Å². The van der Waals surface area contributed by atoms with Crippen molar-refractivity contribution < 1.29 is 4.74 Å². The molecule has 118 valence electrons. The molecule has 0 unspecified atom stereocenters. The largest absolute Gasteiger partial charge is 0.485 e. The summed E-state index contributed by atoms with van der Waals surface area (Å²) in [6, 6.07) is 9.83. The molecule has 2 aromatic heterocycles. The summed E-state index contributed by atoms with van der Waals surface area (Å²) >= 11 is 9.52. The van der Waals surface area contributed by atoms with E-state index < -0.39 is 0 Å². The van der Waals surface area contributed by atoms with Crippen LogP contribution >= 0.6 is 27.5 Å². The lowest BCUT2D eigenvalue weighted by atomic mass is 10.2. The summed E-state index contributed by atoms with van der Waals surface area (Å²) in [6.45, 7) is 2.24. The van der Waals surface area contributed by atoms with Gasteiger partial charge in [-0.2, -0.15) is 0 Å². The van der Waals surface area contributed by atoms with Crippen LogP contribution < -0.4 is 10.3 Å². The Balaban J connectivity index is 2.16. The number of hydrogen-bond donors (Lipinski definition) is 0. The quantitative estimate of drug-likeness (QED) is 0.668. The van der Waals surface area contributed by atoms with E-state index in [0.717, 1.165) is 5.56 Å². The number of fused-ring (bicyclic) bond motifs is 1. The number of nitrogens with zero attached hydrogens (tertiary/aromatic N) is 2. The molecule has 0 aliphatic carbocycles. The van der Waals surface area contributed by atoms with E-state index in [0.29, 0.717) is 38.4 Å². The summed E-state index contributed by atoms with van der Waals surface area (Å²) in [7, 11) is 1.70. The molecule has 0 aliphatic heterocycles. The average Bonchev–Trinajstić information content (AvgIpc) is 2.57. The van der Waals surface area contributed by atoms with Gasteiger partial charge in [0.1, 0.15) is 11.1 Å². The van der Waals surface area contributed by atoms with Crippen molar-refractivity contribution in [1.29, 1.82) is 0 Å². The lowest BCUT2D eigenvalue weighted by Gasteiger charge is -2.15. The highest BCUT2D eigenvalue weighted by atomic mass is 79.9. The Morgan fingerprint density at radius 3 is 2.70 bits per heavy atom. The number of pyridine rings is 2. The van der Waals surface area contributed by atoms with E-state index in [1.165, 1.54) is 4.57 Å². The van der Waals surface area contributed by atoms with Crippen molar-refractivity contribution in [3.63, 3.8) is 0 Å². The van der Waals surface area contributed by atoms with Gasteiger partial charge in [-0.1, -0.05) is 41.9 Å². The second-order valence-electron chi connectivity index (χ2n) is 5.20. The van der Waals surface area contributed by atoms with Gasteiger partial charge in [0.05, 0.1) is 16.2 Å². The van der Waals surface area contributed by atoms with Crippen molar-refractivity contribution in [2.24, 2.45) is 7.05 Å². The SMILES string of the molecule is Cc1ncc2c(Cl)c(Br)c(=O)n(C)c2c1OCc1ccccc1. The van der Waals surface area contributed by atoms with Crippen molar-refractivity contribution in [2.75, 3.05) is 0 Å². The van der Waals surface area contributed by atoms with Gasteiger partial charge in [-0.05, 0) is 28.4 Å². The van der Waals surface area contributed by atoms with Crippen molar-refractivity contribution in [3.05, 3.63) is 67.6 Å². The normalized spacial score (nSPS) is 11.0. The van der Waals surface area contributed by atoms with E-state index in [4.69, 9.17) is 16.3 Å². The van der Waals surface area contributed by atoms with Crippen LogP contribution in [-0.2, 0) is 13.7 Å². The fourth-order valence-corrected chi connectivity index (χ4v) is 3.13. The number of benzene rings is 1. The van der Waals surface area contributed by atoms with Gasteiger partial charge >= 0.3 is 0 Å². The number of hydrogen-bond acceptors (Lipinski definition) is 3.